The predicted octanol–water partition coefficient (Wildman–Crippen LogP) is 3.17. The molecule has 1 saturated heterocycles. The number of rotatable bonds is 4. The molecule has 0 radical (unpaired) electrons. The van der Waals surface area contributed by atoms with Crippen LogP contribution in [0.1, 0.15) is 43.7 Å². The maximum absolute atomic E-state index is 13.1. The van der Waals surface area contributed by atoms with Crippen molar-refractivity contribution in [1.29, 1.82) is 0 Å². The van der Waals surface area contributed by atoms with Crippen LogP contribution in [0.2, 0.25) is 0 Å². The molecule has 1 aromatic carbocycles. The maximum Gasteiger partial charge on any atom is 0.244 e. The molecule has 1 atom stereocenters. The van der Waals surface area contributed by atoms with E-state index in [2.05, 4.69) is 22.9 Å². The minimum Gasteiger partial charge on any atom is -0.326 e. The van der Waals surface area contributed by atoms with Crippen molar-refractivity contribution in [3.63, 3.8) is 0 Å². The summed E-state index contributed by atoms with van der Waals surface area (Å²) in [6.45, 7) is 4.90. The quantitative estimate of drug-likeness (QED) is 0.879. The summed E-state index contributed by atoms with van der Waals surface area (Å²) in [4.78, 5) is 0.350. The molecule has 2 rings (SSSR count). The summed E-state index contributed by atoms with van der Waals surface area (Å²) in [6.07, 6.45) is 3.84. The van der Waals surface area contributed by atoms with Gasteiger partial charge in [0.15, 0.2) is 0 Å². The van der Waals surface area contributed by atoms with E-state index in [1.807, 2.05) is 13.0 Å². The molecule has 0 bridgehead atoms. The molecule has 1 aliphatic rings. The fourth-order valence-corrected chi connectivity index (χ4v) is 5.74. The second-order valence-corrected chi connectivity index (χ2v) is 8.25. The lowest BCUT2D eigenvalue weighted by atomic mass is 10.0. The van der Waals surface area contributed by atoms with Crippen molar-refractivity contribution < 1.29 is 8.42 Å². The third kappa shape index (κ3) is 3.33. The highest BCUT2D eigenvalue weighted by molar-refractivity contribution is 9.10. The van der Waals surface area contributed by atoms with E-state index >= 15 is 0 Å². The van der Waals surface area contributed by atoms with Crippen molar-refractivity contribution in [3.8, 4) is 0 Å². The third-order valence-corrected chi connectivity index (χ3v) is 7.44. The van der Waals surface area contributed by atoms with E-state index in [1.54, 1.807) is 10.4 Å². The number of sulfonamides is 1. The Balaban J connectivity index is 2.50. The van der Waals surface area contributed by atoms with Crippen LogP contribution in [0.3, 0.4) is 0 Å². The zero-order valence-corrected chi connectivity index (χ0v) is 15.0. The molecule has 2 N–H and O–H groups in total. The first kappa shape index (κ1) is 16.9. The molecule has 1 aliphatic heterocycles. The van der Waals surface area contributed by atoms with Gasteiger partial charge in [0, 0.05) is 23.6 Å². The third-order valence-electron chi connectivity index (χ3n) is 4.15. The van der Waals surface area contributed by atoms with Crippen LogP contribution >= 0.6 is 15.9 Å². The second-order valence-electron chi connectivity index (χ2n) is 5.60. The maximum atomic E-state index is 13.1. The van der Waals surface area contributed by atoms with Gasteiger partial charge in [0.1, 0.15) is 0 Å². The van der Waals surface area contributed by atoms with E-state index in [0.29, 0.717) is 22.5 Å². The van der Waals surface area contributed by atoms with Gasteiger partial charge in [-0.05, 0) is 59.3 Å². The highest BCUT2D eigenvalue weighted by Crippen LogP contribution is 2.33. The molecule has 118 valence electrons. The number of benzene rings is 1. The lowest BCUT2D eigenvalue weighted by Crippen LogP contribution is -2.43. The molecule has 1 aromatic rings. The highest BCUT2D eigenvalue weighted by Gasteiger charge is 2.34. The molecule has 1 fully saturated rings. The minimum atomic E-state index is -3.48. The molecule has 1 heterocycles. The first-order valence-electron chi connectivity index (χ1n) is 7.42. The van der Waals surface area contributed by atoms with Crippen molar-refractivity contribution in [2.24, 2.45) is 5.73 Å². The van der Waals surface area contributed by atoms with Crippen LogP contribution in [0.4, 0.5) is 0 Å². The minimum absolute atomic E-state index is 0.109. The average molecular weight is 375 g/mol. The number of hydrogen-bond acceptors (Lipinski definition) is 3. The molecule has 4 nitrogen and oxygen atoms in total. The average Bonchev–Trinajstić information content (AvgIpc) is 2.49. The monoisotopic (exact) mass is 374 g/mol. The van der Waals surface area contributed by atoms with Crippen molar-refractivity contribution in [2.75, 3.05) is 6.54 Å². The molecule has 1 unspecified atom stereocenters. The van der Waals surface area contributed by atoms with E-state index < -0.39 is 10.0 Å². The van der Waals surface area contributed by atoms with E-state index in [1.165, 1.54) is 0 Å². The summed E-state index contributed by atoms with van der Waals surface area (Å²) < 4.78 is 28.4. The summed E-state index contributed by atoms with van der Waals surface area (Å²) in [6, 6.07) is 3.74. The Morgan fingerprint density at radius 1 is 1.38 bits per heavy atom. The van der Waals surface area contributed by atoms with Gasteiger partial charge in [-0.15, -0.1) is 0 Å². The number of halogens is 1. The Bertz CT molecular complexity index is 616. The Hall–Kier alpha value is -0.430. The summed E-state index contributed by atoms with van der Waals surface area (Å²) in [5, 5.41) is 0. The van der Waals surface area contributed by atoms with Crippen LogP contribution in [0.15, 0.2) is 21.5 Å². The summed E-state index contributed by atoms with van der Waals surface area (Å²) in [5.41, 5.74) is 7.44. The van der Waals surface area contributed by atoms with Crippen molar-refractivity contribution >= 4 is 26.0 Å². The molecule has 0 spiro atoms. The Labute approximate surface area is 135 Å². The van der Waals surface area contributed by atoms with Gasteiger partial charge in [0.2, 0.25) is 10.0 Å². The summed E-state index contributed by atoms with van der Waals surface area (Å²) in [7, 11) is -3.48. The van der Waals surface area contributed by atoms with Crippen LogP contribution in [0.5, 0.6) is 0 Å². The van der Waals surface area contributed by atoms with E-state index in [4.69, 9.17) is 5.73 Å². The predicted molar refractivity (Wildman–Crippen MR) is 88.6 cm³/mol. The second kappa shape index (κ2) is 6.77. The van der Waals surface area contributed by atoms with Gasteiger partial charge in [-0.1, -0.05) is 19.4 Å². The molecular weight excluding hydrogens is 352 g/mol. The van der Waals surface area contributed by atoms with E-state index in [9.17, 15) is 8.42 Å². The number of aryl methyl sites for hydroxylation is 1. The van der Waals surface area contributed by atoms with Gasteiger partial charge in [0.05, 0.1) is 4.90 Å². The number of hydrogen-bond donors (Lipinski definition) is 1. The van der Waals surface area contributed by atoms with Gasteiger partial charge < -0.3 is 5.73 Å². The van der Waals surface area contributed by atoms with Crippen LogP contribution in [-0.4, -0.2) is 25.3 Å². The first-order valence-corrected chi connectivity index (χ1v) is 9.66. The van der Waals surface area contributed by atoms with Crippen LogP contribution in [-0.2, 0) is 16.6 Å². The molecule has 21 heavy (non-hydrogen) atoms. The van der Waals surface area contributed by atoms with Crippen LogP contribution < -0.4 is 5.73 Å². The standard InChI is InChI=1S/C15H23BrN2O2S/c1-3-13-6-4-5-7-18(13)21(19,20)14-9-12(10-17)8-11(2)15(14)16/h8-9,13H,3-7,10,17H2,1-2H3. The van der Waals surface area contributed by atoms with Crippen molar-refractivity contribution in [1.82, 2.24) is 4.31 Å². The van der Waals surface area contributed by atoms with Gasteiger partial charge in [-0.3, -0.25) is 0 Å². The van der Waals surface area contributed by atoms with Gasteiger partial charge >= 0.3 is 0 Å². The normalized spacial score (nSPS) is 20.7. The highest BCUT2D eigenvalue weighted by atomic mass is 79.9. The molecule has 6 heteroatoms. The zero-order chi connectivity index (χ0) is 15.6. The number of piperidine rings is 1. The zero-order valence-electron chi connectivity index (χ0n) is 12.6. The Morgan fingerprint density at radius 2 is 2.10 bits per heavy atom. The fraction of sp³-hybridized carbons (Fsp3) is 0.600. The SMILES string of the molecule is CCC1CCCCN1S(=O)(=O)c1cc(CN)cc(C)c1Br. The smallest absolute Gasteiger partial charge is 0.244 e. The van der Waals surface area contributed by atoms with Gasteiger partial charge in [0.25, 0.3) is 0 Å². The first-order chi connectivity index (χ1) is 9.91. The van der Waals surface area contributed by atoms with Gasteiger partial charge in [-0.25, -0.2) is 8.42 Å². The van der Waals surface area contributed by atoms with Crippen LogP contribution in [0.25, 0.3) is 0 Å². The Morgan fingerprint density at radius 3 is 2.71 bits per heavy atom. The Kier molecular flexibility index (Phi) is 5.46. The van der Waals surface area contributed by atoms with Crippen LogP contribution in [0, 0.1) is 6.92 Å². The summed E-state index contributed by atoms with van der Waals surface area (Å²) in [5.74, 6) is 0. The van der Waals surface area contributed by atoms with Gasteiger partial charge in [-0.2, -0.15) is 4.31 Å². The number of nitrogens with zero attached hydrogens (tertiary/aromatic N) is 1. The van der Waals surface area contributed by atoms with E-state index in [-0.39, 0.29) is 6.04 Å². The van der Waals surface area contributed by atoms with Crippen molar-refractivity contribution in [2.45, 2.75) is 57.0 Å². The van der Waals surface area contributed by atoms with E-state index in [0.717, 1.165) is 36.8 Å². The lowest BCUT2D eigenvalue weighted by molar-refractivity contribution is 0.246. The fourth-order valence-electron chi connectivity index (χ4n) is 2.94. The molecule has 0 aliphatic carbocycles. The molecule has 0 saturated carbocycles. The molecular formula is C15H23BrN2O2S. The largest absolute Gasteiger partial charge is 0.326 e. The number of nitrogens with two attached hydrogens (primary N) is 1. The topological polar surface area (TPSA) is 63.4 Å². The lowest BCUT2D eigenvalue weighted by Gasteiger charge is -2.34. The summed E-state index contributed by atoms with van der Waals surface area (Å²) >= 11 is 3.44. The molecule has 0 amide bonds. The van der Waals surface area contributed by atoms with Crippen molar-refractivity contribution in [3.05, 3.63) is 27.7 Å². The molecule has 0 aromatic heterocycles.